The highest BCUT2D eigenvalue weighted by Gasteiger charge is 2.51. The van der Waals surface area contributed by atoms with Gasteiger partial charge in [-0.15, -0.1) is 0 Å². The number of aryl methyl sites for hydroxylation is 1. The van der Waals surface area contributed by atoms with Crippen LogP contribution in [0, 0.1) is 24.7 Å². The maximum Gasteiger partial charge on any atom is 0.261 e. The molecule has 0 aliphatic heterocycles. The molecule has 0 radical (unpaired) electrons. The van der Waals surface area contributed by atoms with Crippen molar-refractivity contribution in [3.05, 3.63) is 40.4 Å². The van der Waals surface area contributed by atoms with Crippen LogP contribution in [0.1, 0.15) is 44.1 Å². The Morgan fingerprint density at radius 2 is 1.85 bits per heavy atom. The van der Waals surface area contributed by atoms with Gasteiger partial charge in [-0.2, -0.15) is 0 Å². The summed E-state index contributed by atoms with van der Waals surface area (Å²) in [5.41, 5.74) is 1.54. The molecule has 1 aromatic heterocycles. The summed E-state index contributed by atoms with van der Waals surface area (Å²) < 4.78 is 1.44. The lowest BCUT2D eigenvalue weighted by Crippen LogP contribution is -2.60. The Morgan fingerprint density at radius 3 is 2.50 bits per heavy atom. The summed E-state index contributed by atoms with van der Waals surface area (Å²) in [4.78, 5) is 29.9. The second-order valence-electron chi connectivity index (χ2n) is 8.89. The van der Waals surface area contributed by atoms with Crippen molar-refractivity contribution in [2.24, 2.45) is 17.8 Å². The van der Waals surface area contributed by atoms with Crippen molar-refractivity contribution in [1.82, 2.24) is 14.9 Å². The van der Waals surface area contributed by atoms with Gasteiger partial charge in [-0.1, -0.05) is 12.1 Å². The first-order valence-corrected chi connectivity index (χ1v) is 9.77. The predicted molar refractivity (Wildman–Crippen MR) is 99.8 cm³/mol. The Balaban J connectivity index is 1.37. The molecule has 4 bridgehead atoms. The Hall–Kier alpha value is -2.17. The van der Waals surface area contributed by atoms with Crippen LogP contribution in [0.25, 0.3) is 10.9 Å². The highest BCUT2D eigenvalue weighted by Crippen LogP contribution is 2.55. The number of hydrogen-bond donors (Lipinski definition) is 1. The maximum atomic E-state index is 12.8. The van der Waals surface area contributed by atoms with E-state index in [2.05, 4.69) is 10.3 Å². The van der Waals surface area contributed by atoms with Crippen LogP contribution in [0.5, 0.6) is 0 Å². The van der Waals surface area contributed by atoms with Crippen molar-refractivity contribution in [1.29, 1.82) is 0 Å². The van der Waals surface area contributed by atoms with Crippen LogP contribution >= 0.6 is 0 Å². The van der Waals surface area contributed by atoms with Gasteiger partial charge in [0.15, 0.2) is 0 Å². The summed E-state index contributed by atoms with van der Waals surface area (Å²) in [6.07, 6.45) is 8.92. The van der Waals surface area contributed by atoms with Gasteiger partial charge in [-0.25, -0.2) is 4.98 Å². The predicted octanol–water partition coefficient (Wildman–Crippen LogP) is 2.79. The van der Waals surface area contributed by atoms with E-state index >= 15 is 0 Å². The normalized spacial score (nSPS) is 32.1. The molecule has 0 atom stereocenters. The van der Waals surface area contributed by atoms with E-state index in [0.29, 0.717) is 5.39 Å². The number of hydrogen-bond acceptors (Lipinski definition) is 3. The van der Waals surface area contributed by atoms with E-state index < -0.39 is 0 Å². The van der Waals surface area contributed by atoms with E-state index in [4.69, 9.17) is 0 Å². The molecule has 4 saturated carbocycles. The summed E-state index contributed by atoms with van der Waals surface area (Å²) in [6.45, 7) is 2.00. The summed E-state index contributed by atoms with van der Waals surface area (Å²) >= 11 is 0. The second-order valence-corrected chi connectivity index (χ2v) is 8.89. The average Bonchev–Trinajstić information content (AvgIpc) is 2.56. The zero-order valence-corrected chi connectivity index (χ0v) is 15.2. The molecule has 2 aromatic rings. The standard InChI is InChI=1S/C21H25N3O2/c1-13-3-2-4-17-19(13)22-12-24(20(17)26)11-18(25)23-21-8-14-5-15(9-21)7-16(6-14)10-21/h2-4,12,14-16H,5-11H2,1H3,(H,23,25). The van der Waals surface area contributed by atoms with Crippen LogP contribution in [-0.4, -0.2) is 21.0 Å². The van der Waals surface area contributed by atoms with Crippen LogP contribution in [-0.2, 0) is 11.3 Å². The summed E-state index contributed by atoms with van der Waals surface area (Å²) in [5.74, 6) is 2.31. The molecule has 1 heterocycles. The molecular formula is C21H25N3O2. The van der Waals surface area contributed by atoms with Crippen LogP contribution in [0.2, 0.25) is 0 Å². The maximum absolute atomic E-state index is 12.8. The Kier molecular flexibility index (Phi) is 3.49. The fourth-order valence-corrected chi connectivity index (χ4v) is 6.20. The molecule has 0 unspecified atom stereocenters. The van der Waals surface area contributed by atoms with Gasteiger partial charge in [-0.05, 0) is 74.8 Å². The van der Waals surface area contributed by atoms with Gasteiger partial charge in [0.05, 0.1) is 17.2 Å². The molecule has 4 aliphatic carbocycles. The van der Waals surface area contributed by atoms with Crippen molar-refractivity contribution in [3.63, 3.8) is 0 Å². The molecule has 1 amide bonds. The number of aromatic nitrogens is 2. The Morgan fingerprint density at radius 1 is 1.19 bits per heavy atom. The minimum absolute atomic E-state index is 0.0176. The van der Waals surface area contributed by atoms with Crippen molar-refractivity contribution in [2.45, 2.75) is 57.5 Å². The molecule has 136 valence electrons. The monoisotopic (exact) mass is 351 g/mol. The fourth-order valence-electron chi connectivity index (χ4n) is 6.20. The quantitative estimate of drug-likeness (QED) is 0.925. The third kappa shape index (κ3) is 2.56. The number of carbonyl (C=O) groups excluding carboxylic acids is 1. The first-order chi connectivity index (χ1) is 12.5. The molecule has 6 rings (SSSR count). The van der Waals surface area contributed by atoms with Crippen molar-refractivity contribution < 1.29 is 4.79 Å². The SMILES string of the molecule is Cc1cccc2c(=O)n(CC(=O)NC34CC5CC(CC(C5)C3)C4)cnc12. The van der Waals surface area contributed by atoms with Gasteiger partial charge in [0.25, 0.3) is 5.56 Å². The zero-order valence-electron chi connectivity index (χ0n) is 15.2. The molecule has 1 aromatic carbocycles. The molecule has 4 fully saturated rings. The molecule has 0 spiro atoms. The minimum atomic E-state index is -0.139. The number of amides is 1. The Bertz CT molecular complexity index is 911. The van der Waals surface area contributed by atoms with E-state index in [1.807, 2.05) is 19.1 Å². The van der Waals surface area contributed by atoms with Gasteiger partial charge >= 0.3 is 0 Å². The van der Waals surface area contributed by atoms with E-state index in [1.165, 1.54) is 30.2 Å². The zero-order chi connectivity index (χ0) is 17.9. The first kappa shape index (κ1) is 16.0. The average molecular weight is 351 g/mol. The Labute approximate surface area is 152 Å². The van der Waals surface area contributed by atoms with Crippen molar-refractivity contribution in [3.8, 4) is 0 Å². The number of nitrogens with zero attached hydrogens (tertiary/aromatic N) is 2. The fraction of sp³-hybridized carbons (Fsp3) is 0.571. The van der Waals surface area contributed by atoms with Gasteiger partial charge in [0.1, 0.15) is 6.54 Å². The number of benzene rings is 1. The van der Waals surface area contributed by atoms with Gasteiger partial charge in [-0.3, -0.25) is 14.2 Å². The van der Waals surface area contributed by atoms with E-state index in [1.54, 1.807) is 6.07 Å². The lowest BCUT2D eigenvalue weighted by atomic mass is 9.53. The third-order valence-electron chi connectivity index (χ3n) is 6.81. The molecule has 5 heteroatoms. The topological polar surface area (TPSA) is 64.0 Å². The van der Waals surface area contributed by atoms with Crippen molar-refractivity contribution in [2.75, 3.05) is 0 Å². The van der Waals surface area contributed by atoms with Gasteiger partial charge < -0.3 is 5.32 Å². The third-order valence-corrected chi connectivity index (χ3v) is 6.81. The molecular weight excluding hydrogens is 326 g/mol. The lowest BCUT2D eigenvalue weighted by Gasteiger charge is -2.56. The van der Waals surface area contributed by atoms with Gasteiger partial charge in [0, 0.05) is 5.54 Å². The van der Waals surface area contributed by atoms with E-state index in [-0.39, 0.29) is 23.6 Å². The highest BCUT2D eigenvalue weighted by atomic mass is 16.2. The second kappa shape index (κ2) is 5.66. The van der Waals surface area contributed by atoms with Crippen LogP contribution < -0.4 is 10.9 Å². The van der Waals surface area contributed by atoms with Crippen LogP contribution in [0.3, 0.4) is 0 Å². The highest BCUT2D eigenvalue weighted by molar-refractivity contribution is 5.81. The summed E-state index contributed by atoms with van der Waals surface area (Å²) in [7, 11) is 0. The van der Waals surface area contributed by atoms with E-state index in [0.717, 1.165) is 48.1 Å². The minimum Gasteiger partial charge on any atom is -0.349 e. The molecule has 5 nitrogen and oxygen atoms in total. The van der Waals surface area contributed by atoms with Crippen molar-refractivity contribution >= 4 is 16.8 Å². The number of carbonyl (C=O) groups is 1. The van der Waals surface area contributed by atoms with Gasteiger partial charge in [0.2, 0.25) is 5.91 Å². The van der Waals surface area contributed by atoms with E-state index in [9.17, 15) is 9.59 Å². The molecule has 4 aliphatic rings. The summed E-state index contributed by atoms with van der Waals surface area (Å²) in [6, 6.07) is 5.59. The van der Waals surface area contributed by atoms with Crippen LogP contribution in [0.4, 0.5) is 0 Å². The summed E-state index contributed by atoms with van der Waals surface area (Å²) in [5, 5.41) is 3.91. The largest absolute Gasteiger partial charge is 0.349 e. The molecule has 1 N–H and O–H groups in total. The smallest absolute Gasteiger partial charge is 0.261 e. The number of nitrogens with one attached hydrogen (secondary N) is 1. The first-order valence-electron chi connectivity index (χ1n) is 9.77. The number of fused-ring (bicyclic) bond motifs is 1. The number of rotatable bonds is 3. The molecule has 26 heavy (non-hydrogen) atoms. The lowest BCUT2D eigenvalue weighted by molar-refractivity contribution is -0.127. The number of para-hydroxylation sites is 1. The van der Waals surface area contributed by atoms with Crippen LogP contribution in [0.15, 0.2) is 29.3 Å². The molecule has 0 saturated heterocycles.